The first-order valence-corrected chi connectivity index (χ1v) is 5.97. The molecule has 0 amide bonds. The van der Waals surface area contributed by atoms with E-state index >= 15 is 0 Å². The van der Waals surface area contributed by atoms with Crippen molar-refractivity contribution in [1.82, 2.24) is 0 Å². The van der Waals surface area contributed by atoms with Gasteiger partial charge in [0.2, 0.25) is 0 Å². The lowest BCUT2D eigenvalue weighted by molar-refractivity contribution is 0.533. The third kappa shape index (κ3) is 1.88. The average Bonchev–Trinajstić information content (AvgIpc) is 2.59. The Balaban J connectivity index is 2.38. The molecule has 1 heterocycles. The lowest BCUT2D eigenvalue weighted by Gasteiger charge is -2.15. The highest BCUT2D eigenvalue weighted by Gasteiger charge is 2.24. The Morgan fingerprint density at radius 3 is 2.53 bits per heavy atom. The number of nitrogens with one attached hydrogen (secondary N) is 1. The van der Waals surface area contributed by atoms with E-state index in [-0.39, 0.29) is 0 Å². The molecule has 1 aliphatic heterocycles. The van der Waals surface area contributed by atoms with Crippen molar-refractivity contribution in [2.45, 2.75) is 39.5 Å². The average molecular weight is 203 g/mol. The summed E-state index contributed by atoms with van der Waals surface area (Å²) in [7, 11) is 0. The maximum absolute atomic E-state index is 3.50. The monoisotopic (exact) mass is 203 g/mol. The van der Waals surface area contributed by atoms with E-state index in [1.54, 1.807) is 0 Å². The van der Waals surface area contributed by atoms with Crippen molar-refractivity contribution in [1.29, 1.82) is 0 Å². The summed E-state index contributed by atoms with van der Waals surface area (Å²) < 4.78 is 0. The molecule has 1 nitrogen and oxygen atoms in total. The van der Waals surface area contributed by atoms with Crippen LogP contribution >= 0.6 is 0 Å². The zero-order valence-corrected chi connectivity index (χ0v) is 10.2. The number of rotatable bonds is 2. The largest absolute Gasteiger partial charge is 0.384 e. The van der Waals surface area contributed by atoms with Crippen LogP contribution in [-0.4, -0.2) is 6.54 Å². The minimum atomic E-state index is 0.628. The second-order valence-electron chi connectivity index (χ2n) is 5.23. The Kier molecular flexibility index (Phi) is 2.72. The molecule has 1 aromatic carbocycles. The Morgan fingerprint density at radius 2 is 1.93 bits per heavy atom. The highest BCUT2D eigenvalue weighted by Crippen LogP contribution is 2.37. The normalized spacial score (nSPS) is 19.5. The van der Waals surface area contributed by atoms with E-state index in [2.05, 4.69) is 51.2 Å². The summed E-state index contributed by atoms with van der Waals surface area (Å²) in [5, 5.41) is 3.50. The molecule has 1 unspecified atom stereocenters. The van der Waals surface area contributed by atoms with Gasteiger partial charge in [0.25, 0.3) is 0 Å². The first-order chi connectivity index (χ1) is 7.09. The topological polar surface area (TPSA) is 12.0 Å². The van der Waals surface area contributed by atoms with Gasteiger partial charge in [-0.1, -0.05) is 39.8 Å². The van der Waals surface area contributed by atoms with Crippen LogP contribution in [0.5, 0.6) is 0 Å². The fraction of sp³-hybridized carbons (Fsp3) is 0.571. The van der Waals surface area contributed by atoms with E-state index in [0.29, 0.717) is 11.8 Å². The van der Waals surface area contributed by atoms with Gasteiger partial charge >= 0.3 is 0 Å². The Hall–Kier alpha value is -0.980. The summed E-state index contributed by atoms with van der Waals surface area (Å²) in [4.78, 5) is 0. The van der Waals surface area contributed by atoms with Crippen molar-refractivity contribution < 1.29 is 0 Å². The van der Waals surface area contributed by atoms with Gasteiger partial charge in [0.1, 0.15) is 0 Å². The summed E-state index contributed by atoms with van der Waals surface area (Å²) >= 11 is 0. The van der Waals surface area contributed by atoms with E-state index in [1.165, 1.54) is 16.8 Å². The van der Waals surface area contributed by atoms with E-state index < -0.39 is 0 Å². The van der Waals surface area contributed by atoms with Crippen LogP contribution in [0.1, 0.15) is 50.7 Å². The van der Waals surface area contributed by atoms with Crippen molar-refractivity contribution in [3.05, 3.63) is 29.3 Å². The van der Waals surface area contributed by atoms with Crippen LogP contribution in [0, 0.1) is 5.92 Å². The molecular formula is C14H21N. The molecule has 82 valence electrons. The zero-order chi connectivity index (χ0) is 11.0. The van der Waals surface area contributed by atoms with Crippen LogP contribution in [0.3, 0.4) is 0 Å². The molecule has 1 atom stereocenters. The van der Waals surface area contributed by atoms with Gasteiger partial charge in [-0.25, -0.2) is 0 Å². The molecular weight excluding hydrogens is 182 g/mol. The Bertz CT molecular complexity index is 352. The van der Waals surface area contributed by atoms with Gasteiger partial charge < -0.3 is 5.32 Å². The minimum Gasteiger partial charge on any atom is -0.384 e. The van der Waals surface area contributed by atoms with Gasteiger partial charge in [0.05, 0.1) is 0 Å². The number of benzene rings is 1. The van der Waals surface area contributed by atoms with Crippen molar-refractivity contribution in [2.75, 3.05) is 11.9 Å². The number of hydrogen-bond donors (Lipinski definition) is 1. The van der Waals surface area contributed by atoms with Gasteiger partial charge in [-0.05, 0) is 29.0 Å². The molecule has 0 spiro atoms. The molecule has 1 aliphatic rings. The predicted molar refractivity (Wildman–Crippen MR) is 66.6 cm³/mol. The minimum absolute atomic E-state index is 0.628. The maximum Gasteiger partial charge on any atom is 0.0376 e. The SMILES string of the molecule is CC(C)c1ccc2c(c1)C(C(C)C)CN2. The van der Waals surface area contributed by atoms with Crippen molar-refractivity contribution in [3.8, 4) is 0 Å². The van der Waals surface area contributed by atoms with Crippen LogP contribution in [0.2, 0.25) is 0 Å². The summed E-state index contributed by atoms with van der Waals surface area (Å²) in [5.74, 6) is 2.04. The summed E-state index contributed by atoms with van der Waals surface area (Å²) in [6.07, 6.45) is 0. The molecule has 1 heteroatoms. The van der Waals surface area contributed by atoms with Crippen molar-refractivity contribution in [3.63, 3.8) is 0 Å². The fourth-order valence-corrected chi connectivity index (χ4v) is 2.33. The maximum atomic E-state index is 3.50. The van der Waals surface area contributed by atoms with Gasteiger partial charge in [-0.15, -0.1) is 0 Å². The Labute approximate surface area is 92.9 Å². The molecule has 2 rings (SSSR count). The van der Waals surface area contributed by atoms with Crippen LogP contribution in [0.25, 0.3) is 0 Å². The predicted octanol–water partition coefficient (Wildman–Crippen LogP) is 3.98. The lowest BCUT2D eigenvalue weighted by atomic mass is 9.88. The Morgan fingerprint density at radius 1 is 1.20 bits per heavy atom. The fourth-order valence-electron chi connectivity index (χ4n) is 2.33. The highest BCUT2D eigenvalue weighted by molar-refractivity contribution is 5.59. The number of fused-ring (bicyclic) bond motifs is 1. The summed E-state index contributed by atoms with van der Waals surface area (Å²) in [6.45, 7) is 10.2. The third-order valence-electron chi connectivity index (χ3n) is 3.46. The van der Waals surface area contributed by atoms with Crippen molar-refractivity contribution >= 4 is 5.69 Å². The molecule has 15 heavy (non-hydrogen) atoms. The zero-order valence-electron chi connectivity index (χ0n) is 10.2. The summed E-state index contributed by atoms with van der Waals surface area (Å²) in [5.41, 5.74) is 4.33. The van der Waals surface area contributed by atoms with E-state index in [9.17, 15) is 0 Å². The highest BCUT2D eigenvalue weighted by atomic mass is 14.9. The van der Waals surface area contributed by atoms with Gasteiger partial charge in [0, 0.05) is 18.2 Å². The number of hydrogen-bond acceptors (Lipinski definition) is 1. The first kappa shape index (κ1) is 10.5. The van der Waals surface area contributed by atoms with E-state index in [0.717, 1.165) is 12.5 Å². The van der Waals surface area contributed by atoms with Crippen LogP contribution in [0.4, 0.5) is 5.69 Å². The van der Waals surface area contributed by atoms with Crippen LogP contribution < -0.4 is 5.32 Å². The lowest BCUT2D eigenvalue weighted by Crippen LogP contribution is -2.08. The molecule has 1 N–H and O–H groups in total. The van der Waals surface area contributed by atoms with E-state index in [1.807, 2.05) is 0 Å². The van der Waals surface area contributed by atoms with Gasteiger partial charge in [-0.3, -0.25) is 0 Å². The molecule has 1 aromatic rings. The molecule has 0 aliphatic carbocycles. The molecule has 0 saturated carbocycles. The number of anilines is 1. The molecule has 0 aromatic heterocycles. The molecule has 0 saturated heterocycles. The molecule has 0 fully saturated rings. The standard InChI is InChI=1S/C14H21N/c1-9(2)11-5-6-14-12(7-11)13(8-15-14)10(3)4/h5-7,9-10,13,15H,8H2,1-4H3. The second-order valence-corrected chi connectivity index (χ2v) is 5.23. The quantitative estimate of drug-likeness (QED) is 0.766. The second kappa shape index (κ2) is 3.88. The van der Waals surface area contributed by atoms with E-state index in [4.69, 9.17) is 0 Å². The van der Waals surface area contributed by atoms with Crippen LogP contribution in [-0.2, 0) is 0 Å². The van der Waals surface area contributed by atoms with Crippen molar-refractivity contribution in [2.24, 2.45) is 5.92 Å². The first-order valence-electron chi connectivity index (χ1n) is 5.97. The molecule has 0 bridgehead atoms. The third-order valence-corrected chi connectivity index (χ3v) is 3.46. The molecule has 0 radical (unpaired) electrons. The summed E-state index contributed by atoms with van der Waals surface area (Å²) in [6, 6.07) is 6.89. The van der Waals surface area contributed by atoms with Crippen LogP contribution in [0.15, 0.2) is 18.2 Å². The smallest absolute Gasteiger partial charge is 0.0376 e. The van der Waals surface area contributed by atoms with Gasteiger partial charge in [-0.2, -0.15) is 0 Å². The van der Waals surface area contributed by atoms with Gasteiger partial charge in [0.15, 0.2) is 0 Å².